The molecule has 0 aromatic heterocycles. The summed E-state index contributed by atoms with van der Waals surface area (Å²) in [6, 6.07) is 0. The predicted octanol–water partition coefficient (Wildman–Crippen LogP) is 0.836. The molecule has 2 heteroatoms. The normalized spacial score (nSPS) is 10.7. The van der Waals surface area contributed by atoms with Crippen molar-refractivity contribution in [1.82, 2.24) is 0 Å². The first-order valence-electron chi connectivity index (χ1n) is 8.18. The Morgan fingerprint density at radius 2 is 0.889 bits per heavy atom. The summed E-state index contributed by atoms with van der Waals surface area (Å²) in [6.07, 6.45) is 14.1. The number of nitrogens with one attached hydrogen (secondary N) is 1. The minimum Gasteiger partial charge on any atom is -1.00 e. The van der Waals surface area contributed by atoms with Gasteiger partial charge < -0.3 is 21.9 Å². The number of unbranched alkanes of at least 4 members (excludes halogenated alkanes) is 7. The van der Waals surface area contributed by atoms with Crippen LogP contribution in [0.25, 0.3) is 0 Å². The van der Waals surface area contributed by atoms with Crippen LogP contribution in [0.4, 0.5) is 0 Å². The van der Waals surface area contributed by atoms with Gasteiger partial charge in [0.05, 0.1) is 19.6 Å². The predicted molar refractivity (Wildman–Crippen MR) is 78.8 cm³/mol. The first-order chi connectivity index (χ1) is 8.35. The largest absolute Gasteiger partial charge is 1.00 e. The lowest BCUT2D eigenvalue weighted by Crippen LogP contribution is -3.12. The van der Waals surface area contributed by atoms with Crippen LogP contribution in [-0.2, 0) is 0 Å². The molecule has 0 amide bonds. The molecule has 0 fully saturated rings. The van der Waals surface area contributed by atoms with Gasteiger partial charge in [-0.05, 0) is 32.1 Å². The fourth-order valence-corrected chi connectivity index (χ4v) is 2.41. The molecule has 0 aliphatic carbocycles. The number of hydrogen-bond donors (Lipinski definition) is 1. The Bertz CT molecular complexity index is 127. The molecule has 18 heavy (non-hydrogen) atoms. The van der Waals surface area contributed by atoms with Crippen LogP contribution < -0.4 is 21.9 Å². The second-order valence-corrected chi connectivity index (χ2v) is 5.47. The lowest BCUT2D eigenvalue weighted by atomic mass is 10.1. The van der Waals surface area contributed by atoms with E-state index in [9.17, 15) is 0 Å². The van der Waals surface area contributed by atoms with Gasteiger partial charge in [0.25, 0.3) is 0 Å². The van der Waals surface area contributed by atoms with E-state index in [0.717, 1.165) is 0 Å². The summed E-state index contributed by atoms with van der Waals surface area (Å²) in [5.41, 5.74) is 0. The Kier molecular flexibility index (Phi) is 20.1. The van der Waals surface area contributed by atoms with E-state index in [1.54, 1.807) is 0 Å². The van der Waals surface area contributed by atoms with Crippen molar-refractivity contribution >= 4 is 0 Å². The van der Waals surface area contributed by atoms with Gasteiger partial charge in [-0.15, -0.1) is 0 Å². The second-order valence-electron chi connectivity index (χ2n) is 5.47. The Hall–Kier alpha value is 0.440. The Morgan fingerprint density at radius 3 is 1.28 bits per heavy atom. The van der Waals surface area contributed by atoms with Gasteiger partial charge in [-0.1, -0.05) is 52.9 Å². The molecule has 1 nitrogen and oxygen atoms in total. The van der Waals surface area contributed by atoms with E-state index in [0.29, 0.717) is 0 Å². The summed E-state index contributed by atoms with van der Waals surface area (Å²) in [6.45, 7) is 11.2. The molecular formula is C16H36BrN. The zero-order chi connectivity index (χ0) is 12.8. The molecule has 1 N–H and O–H groups in total. The van der Waals surface area contributed by atoms with Crippen LogP contribution in [0.15, 0.2) is 0 Å². The average Bonchev–Trinajstić information content (AvgIpc) is 2.35. The van der Waals surface area contributed by atoms with Crippen LogP contribution in [0.3, 0.4) is 0 Å². The smallest absolute Gasteiger partial charge is 0.0770 e. The second kappa shape index (κ2) is 17.4. The van der Waals surface area contributed by atoms with E-state index < -0.39 is 0 Å². The summed E-state index contributed by atoms with van der Waals surface area (Å²) >= 11 is 0. The van der Waals surface area contributed by atoms with Gasteiger partial charge in [0, 0.05) is 0 Å². The quantitative estimate of drug-likeness (QED) is 0.479. The van der Waals surface area contributed by atoms with Crippen molar-refractivity contribution in [2.24, 2.45) is 0 Å². The molecule has 0 aliphatic heterocycles. The summed E-state index contributed by atoms with van der Waals surface area (Å²) in [7, 11) is 0. The summed E-state index contributed by atoms with van der Waals surface area (Å²) in [4.78, 5) is 1.87. The zero-order valence-corrected chi connectivity index (χ0v) is 14.7. The molecule has 0 bridgehead atoms. The number of quaternary nitrogens is 1. The van der Waals surface area contributed by atoms with Crippen molar-refractivity contribution in [2.75, 3.05) is 19.6 Å². The fraction of sp³-hybridized carbons (Fsp3) is 1.00. The molecule has 0 spiro atoms. The van der Waals surface area contributed by atoms with Crippen LogP contribution in [0, 0.1) is 0 Å². The van der Waals surface area contributed by atoms with Gasteiger partial charge in [0.1, 0.15) is 0 Å². The van der Waals surface area contributed by atoms with E-state index in [2.05, 4.69) is 20.8 Å². The molecule has 112 valence electrons. The van der Waals surface area contributed by atoms with Gasteiger partial charge in [-0.3, -0.25) is 0 Å². The van der Waals surface area contributed by atoms with Crippen molar-refractivity contribution in [3.63, 3.8) is 0 Å². The highest BCUT2D eigenvalue weighted by atomic mass is 79.9. The van der Waals surface area contributed by atoms with E-state index >= 15 is 0 Å². The van der Waals surface area contributed by atoms with Crippen LogP contribution in [-0.4, -0.2) is 19.6 Å². The molecular weight excluding hydrogens is 286 g/mol. The summed E-state index contributed by atoms with van der Waals surface area (Å²) < 4.78 is 0. The fourth-order valence-electron chi connectivity index (χ4n) is 2.41. The molecule has 0 aromatic carbocycles. The van der Waals surface area contributed by atoms with Crippen molar-refractivity contribution in [3.8, 4) is 0 Å². The van der Waals surface area contributed by atoms with Crippen LogP contribution in [0.2, 0.25) is 0 Å². The molecule has 0 rings (SSSR count). The first-order valence-corrected chi connectivity index (χ1v) is 8.18. The Balaban J connectivity index is 0. The van der Waals surface area contributed by atoms with E-state index in [-0.39, 0.29) is 17.0 Å². The van der Waals surface area contributed by atoms with Gasteiger partial charge >= 0.3 is 0 Å². The van der Waals surface area contributed by atoms with Crippen molar-refractivity contribution in [3.05, 3.63) is 0 Å². The van der Waals surface area contributed by atoms with Crippen LogP contribution in [0.1, 0.15) is 85.0 Å². The molecule has 0 saturated heterocycles. The third-order valence-corrected chi connectivity index (χ3v) is 3.65. The SMILES string of the molecule is CCCCCC[NH+](CCCC)CCCCCC.[Br-]. The average molecular weight is 322 g/mol. The molecule has 0 unspecified atom stereocenters. The number of rotatable bonds is 13. The van der Waals surface area contributed by atoms with E-state index in [1.807, 2.05) is 4.90 Å². The van der Waals surface area contributed by atoms with Crippen molar-refractivity contribution in [1.29, 1.82) is 0 Å². The Labute approximate surface area is 126 Å². The van der Waals surface area contributed by atoms with Gasteiger partial charge in [-0.2, -0.15) is 0 Å². The zero-order valence-electron chi connectivity index (χ0n) is 13.1. The third-order valence-electron chi connectivity index (χ3n) is 3.65. The van der Waals surface area contributed by atoms with Crippen molar-refractivity contribution < 1.29 is 21.9 Å². The molecule has 0 heterocycles. The lowest BCUT2D eigenvalue weighted by molar-refractivity contribution is -0.900. The van der Waals surface area contributed by atoms with E-state index in [4.69, 9.17) is 0 Å². The lowest BCUT2D eigenvalue weighted by Gasteiger charge is -2.19. The third kappa shape index (κ3) is 14.5. The maximum absolute atomic E-state index is 2.31. The highest BCUT2D eigenvalue weighted by Gasteiger charge is 2.06. The minimum absolute atomic E-state index is 0. The standard InChI is InChI=1S/C16H35N.BrH/c1-4-7-10-12-15-17(14-9-6-3)16-13-11-8-5-2;/h4-16H2,1-3H3;1H. The van der Waals surface area contributed by atoms with Crippen LogP contribution in [0.5, 0.6) is 0 Å². The molecule has 0 aliphatic rings. The van der Waals surface area contributed by atoms with E-state index in [1.165, 1.54) is 83.8 Å². The molecule has 0 radical (unpaired) electrons. The van der Waals surface area contributed by atoms with Gasteiger partial charge in [0.2, 0.25) is 0 Å². The van der Waals surface area contributed by atoms with Crippen molar-refractivity contribution in [2.45, 2.75) is 85.0 Å². The number of hydrogen-bond acceptors (Lipinski definition) is 0. The highest BCUT2D eigenvalue weighted by molar-refractivity contribution is 4.42. The topological polar surface area (TPSA) is 4.44 Å². The van der Waals surface area contributed by atoms with Gasteiger partial charge in [0.15, 0.2) is 0 Å². The van der Waals surface area contributed by atoms with Crippen LogP contribution >= 0.6 is 0 Å². The number of halogens is 1. The summed E-state index contributed by atoms with van der Waals surface area (Å²) in [5, 5.41) is 0. The monoisotopic (exact) mass is 321 g/mol. The maximum Gasteiger partial charge on any atom is 0.0770 e. The highest BCUT2D eigenvalue weighted by Crippen LogP contribution is 1.98. The molecule has 0 aromatic rings. The Morgan fingerprint density at radius 1 is 0.500 bits per heavy atom. The van der Waals surface area contributed by atoms with Gasteiger partial charge in [-0.25, -0.2) is 0 Å². The molecule has 0 saturated carbocycles. The minimum atomic E-state index is 0. The summed E-state index contributed by atoms with van der Waals surface area (Å²) in [5.74, 6) is 0. The first kappa shape index (κ1) is 20.8. The maximum atomic E-state index is 2.31. The molecule has 0 atom stereocenters.